The summed E-state index contributed by atoms with van der Waals surface area (Å²) in [5.41, 5.74) is 0. The van der Waals surface area contributed by atoms with Crippen molar-refractivity contribution >= 4 is 5.97 Å². The third-order valence-electron chi connectivity index (χ3n) is 3.93. The van der Waals surface area contributed by atoms with Crippen molar-refractivity contribution in [3.05, 3.63) is 0 Å². The second-order valence-corrected chi connectivity index (χ2v) is 5.59. The summed E-state index contributed by atoms with van der Waals surface area (Å²) in [7, 11) is 0. The van der Waals surface area contributed by atoms with E-state index in [1.165, 1.54) is 38.5 Å². The minimum Gasteiger partial charge on any atom is -0.477 e. The predicted octanol–water partition coefficient (Wildman–Crippen LogP) is 3.31. The Kier molecular flexibility index (Phi) is 5.37. The van der Waals surface area contributed by atoms with Crippen LogP contribution in [-0.4, -0.2) is 22.7 Å². The van der Waals surface area contributed by atoms with Gasteiger partial charge in [-0.1, -0.05) is 58.3 Å². The van der Waals surface area contributed by atoms with Gasteiger partial charge in [-0.2, -0.15) is 19.6 Å². The zero-order chi connectivity index (χ0) is 14.5. The van der Waals surface area contributed by atoms with Crippen LogP contribution < -0.4 is 0 Å². The van der Waals surface area contributed by atoms with Crippen molar-refractivity contribution in [1.29, 1.82) is 0 Å². The number of carbonyl (C=O) groups is 1. The highest BCUT2D eigenvalue weighted by atomic mass is 17.5. The molecule has 0 aliphatic carbocycles. The summed E-state index contributed by atoms with van der Waals surface area (Å²) in [5, 5.41) is 9.01. The molecule has 2 aliphatic heterocycles. The third kappa shape index (κ3) is 3.49. The van der Waals surface area contributed by atoms with E-state index < -0.39 is 17.5 Å². The Labute approximate surface area is 119 Å². The minimum atomic E-state index is -1.73. The van der Waals surface area contributed by atoms with E-state index >= 15 is 0 Å². The molecule has 0 saturated carbocycles. The van der Waals surface area contributed by atoms with Gasteiger partial charge in [-0.3, -0.25) is 0 Å². The highest BCUT2D eigenvalue weighted by Gasteiger charge is 2.82. The molecule has 0 atom stereocenters. The number of aliphatic carboxylic acids is 1. The lowest BCUT2D eigenvalue weighted by molar-refractivity contribution is -0.148. The van der Waals surface area contributed by atoms with Gasteiger partial charge in [0.25, 0.3) is 0 Å². The van der Waals surface area contributed by atoms with Crippen molar-refractivity contribution in [2.45, 2.75) is 82.7 Å². The summed E-state index contributed by atoms with van der Waals surface area (Å²) in [4.78, 5) is 29.8. The van der Waals surface area contributed by atoms with Crippen LogP contribution in [0.2, 0.25) is 0 Å². The summed E-state index contributed by atoms with van der Waals surface area (Å²) < 4.78 is 0. The van der Waals surface area contributed by atoms with Gasteiger partial charge in [0.15, 0.2) is 0 Å². The highest BCUT2D eigenvalue weighted by Crippen LogP contribution is 2.54. The molecule has 0 unspecified atom stereocenters. The van der Waals surface area contributed by atoms with Gasteiger partial charge in [0, 0.05) is 6.42 Å². The minimum absolute atomic E-state index is 0.481. The molecule has 6 heteroatoms. The van der Waals surface area contributed by atoms with Crippen molar-refractivity contribution < 1.29 is 29.5 Å². The normalized spacial score (nSPS) is 21.6. The van der Waals surface area contributed by atoms with E-state index in [1.54, 1.807) is 0 Å². The van der Waals surface area contributed by atoms with Crippen LogP contribution in [0.15, 0.2) is 0 Å². The van der Waals surface area contributed by atoms with E-state index in [9.17, 15) is 4.79 Å². The Morgan fingerprint density at radius 1 is 0.850 bits per heavy atom. The van der Waals surface area contributed by atoms with E-state index in [0.717, 1.165) is 19.3 Å². The summed E-state index contributed by atoms with van der Waals surface area (Å²) >= 11 is 0. The molecule has 0 radical (unpaired) electrons. The van der Waals surface area contributed by atoms with Gasteiger partial charge in [-0.15, -0.1) is 0 Å². The smallest absolute Gasteiger partial charge is 0.386 e. The fourth-order valence-corrected chi connectivity index (χ4v) is 2.48. The zero-order valence-electron chi connectivity index (χ0n) is 12.1. The summed E-state index contributed by atoms with van der Waals surface area (Å²) in [5.74, 6) is -4.15. The van der Waals surface area contributed by atoms with Gasteiger partial charge in [0.05, 0.1) is 0 Å². The molecule has 20 heavy (non-hydrogen) atoms. The monoisotopic (exact) mass is 288 g/mol. The largest absolute Gasteiger partial charge is 0.477 e. The molecular formula is C14H24O6. The maximum absolute atomic E-state index is 11.0. The maximum atomic E-state index is 11.0. The SMILES string of the molecule is CCCCCCCCCCCC1(C2(C(=O)O)OO2)OO1. The Hall–Kier alpha value is -0.690. The van der Waals surface area contributed by atoms with Crippen LogP contribution in [0.3, 0.4) is 0 Å². The summed E-state index contributed by atoms with van der Waals surface area (Å²) in [6, 6.07) is 0. The van der Waals surface area contributed by atoms with Crippen molar-refractivity contribution in [1.82, 2.24) is 0 Å². The van der Waals surface area contributed by atoms with Crippen LogP contribution in [0.1, 0.15) is 71.1 Å². The molecule has 1 N–H and O–H groups in total. The lowest BCUT2D eigenvalue weighted by Crippen LogP contribution is -2.40. The first kappa shape index (κ1) is 15.7. The predicted molar refractivity (Wildman–Crippen MR) is 69.3 cm³/mol. The van der Waals surface area contributed by atoms with Gasteiger partial charge < -0.3 is 5.11 Å². The van der Waals surface area contributed by atoms with Crippen LogP contribution in [0.25, 0.3) is 0 Å². The van der Waals surface area contributed by atoms with Gasteiger partial charge in [0.1, 0.15) is 0 Å². The molecule has 0 spiro atoms. The molecule has 116 valence electrons. The van der Waals surface area contributed by atoms with E-state index in [1.807, 2.05) is 0 Å². The van der Waals surface area contributed by atoms with E-state index in [-0.39, 0.29) is 0 Å². The zero-order valence-corrected chi connectivity index (χ0v) is 12.1. The Balaban J connectivity index is 1.51. The molecule has 0 amide bonds. The molecule has 2 aliphatic rings. The molecule has 0 aromatic rings. The van der Waals surface area contributed by atoms with Crippen LogP contribution in [-0.2, 0) is 24.3 Å². The molecule has 0 aromatic carbocycles. The van der Waals surface area contributed by atoms with Crippen LogP contribution in [0, 0.1) is 0 Å². The number of hydrogen-bond acceptors (Lipinski definition) is 5. The lowest BCUT2D eigenvalue weighted by atomic mass is 10.00. The maximum Gasteiger partial charge on any atom is 0.386 e. The molecule has 0 aromatic heterocycles. The van der Waals surface area contributed by atoms with E-state index in [4.69, 9.17) is 14.9 Å². The Morgan fingerprint density at radius 2 is 1.35 bits per heavy atom. The van der Waals surface area contributed by atoms with Gasteiger partial charge in [0.2, 0.25) is 0 Å². The number of rotatable bonds is 12. The highest BCUT2D eigenvalue weighted by molar-refractivity contribution is 5.78. The van der Waals surface area contributed by atoms with Crippen molar-refractivity contribution in [3.8, 4) is 0 Å². The number of unbranched alkanes of at least 4 members (excludes halogenated alkanes) is 8. The lowest BCUT2D eigenvalue weighted by Gasteiger charge is -2.08. The standard InChI is InChI=1S/C14H24O6/c1-2-3-4-5-6-7-8-9-10-11-13(17-18-13)14(12(15)16)19-20-14/h2-11H2,1H3,(H,15,16). The van der Waals surface area contributed by atoms with Gasteiger partial charge in [-0.05, 0) is 6.42 Å². The topological polar surface area (TPSA) is 87.4 Å². The first-order valence-corrected chi connectivity index (χ1v) is 7.64. The van der Waals surface area contributed by atoms with E-state index in [2.05, 4.69) is 16.7 Å². The summed E-state index contributed by atoms with van der Waals surface area (Å²) in [6.07, 6.45) is 11.3. The van der Waals surface area contributed by atoms with Crippen molar-refractivity contribution in [2.75, 3.05) is 0 Å². The number of carboxylic acid groups (broad SMARTS) is 1. The first-order chi connectivity index (χ1) is 9.67. The molecule has 2 saturated heterocycles. The average Bonchev–Trinajstić information content (AvgIpc) is 3.29. The molecule has 0 bridgehead atoms. The molecule has 2 fully saturated rings. The Bertz CT molecular complexity index is 322. The van der Waals surface area contributed by atoms with Gasteiger partial charge >= 0.3 is 17.5 Å². The van der Waals surface area contributed by atoms with Crippen LogP contribution in [0.4, 0.5) is 0 Å². The molecular weight excluding hydrogens is 264 g/mol. The molecule has 6 nitrogen and oxygen atoms in total. The quantitative estimate of drug-likeness (QED) is 0.337. The second kappa shape index (κ2) is 6.85. The number of hydrogen-bond donors (Lipinski definition) is 1. The van der Waals surface area contributed by atoms with Crippen molar-refractivity contribution in [2.24, 2.45) is 0 Å². The third-order valence-corrected chi connectivity index (χ3v) is 3.93. The first-order valence-electron chi connectivity index (χ1n) is 7.64. The van der Waals surface area contributed by atoms with E-state index in [0.29, 0.717) is 6.42 Å². The molecule has 2 heterocycles. The summed E-state index contributed by atoms with van der Waals surface area (Å²) in [6.45, 7) is 2.22. The van der Waals surface area contributed by atoms with Crippen molar-refractivity contribution in [3.63, 3.8) is 0 Å². The Morgan fingerprint density at radius 3 is 1.75 bits per heavy atom. The van der Waals surface area contributed by atoms with Crippen LogP contribution in [0.5, 0.6) is 0 Å². The van der Waals surface area contributed by atoms with Gasteiger partial charge in [-0.25, -0.2) is 4.79 Å². The molecule has 2 rings (SSSR count). The van der Waals surface area contributed by atoms with Crippen LogP contribution >= 0.6 is 0 Å². The second-order valence-electron chi connectivity index (χ2n) is 5.59. The fourth-order valence-electron chi connectivity index (χ4n) is 2.48. The average molecular weight is 288 g/mol. The fraction of sp³-hybridized carbons (Fsp3) is 0.929. The number of carboxylic acids is 1.